The third-order valence-corrected chi connectivity index (χ3v) is 4.20. The molecular formula is C20H11ClF5N3O3. The number of urea groups is 1. The summed E-state index contributed by atoms with van der Waals surface area (Å²) in [6, 6.07) is 6.55. The van der Waals surface area contributed by atoms with Crippen LogP contribution in [0, 0.1) is 11.6 Å². The van der Waals surface area contributed by atoms with Crippen LogP contribution in [0.2, 0.25) is 5.02 Å². The van der Waals surface area contributed by atoms with Gasteiger partial charge in [0.05, 0.1) is 28.0 Å². The summed E-state index contributed by atoms with van der Waals surface area (Å²) in [4.78, 5) is 27.7. The molecule has 1 heterocycles. The highest BCUT2D eigenvalue weighted by Crippen LogP contribution is 2.34. The number of ether oxygens (including phenoxy) is 1. The first-order chi connectivity index (χ1) is 15.0. The van der Waals surface area contributed by atoms with Crippen molar-refractivity contribution in [1.29, 1.82) is 0 Å². The Hall–Kier alpha value is -3.73. The number of rotatable bonds is 4. The van der Waals surface area contributed by atoms with E-state index in [-0.39, 0.29) is 16.6 Å². The average Bonchev–Trinajstić information content (AvgIpc) is 2.70. The molecule has 3 rings (SSSR count). The van der Waals surface area contributed by atoms with Crippen LogP contribution in [0.15, 0.2) is 54.7 Å². The number of carbonyl (C=O) groups is 2. The zero-order valence-electron chi connectivity index (χ0n) is 15.6. The Morgan fingerprint density at radius 3 is 2.38 bits per heavy atom. The highest BCUT2D eigenvalue weighted by molar-refractivity contribution is 6.34. The molecule has 12 heteroatoms. The fourth-order valence-electron chi connectivity index (χ4n) is 2.43. The Labute approximate surface area is 182 Å². The zero-order valence-corrected chi connectivity index (χ0v) is 16.4. The van der Waals surface area contributed by atoms with Crippen LogP contribution in [-0.2, 0) is 6.18 Å². The summed E-state index contributed by atoms with van der Waals surface area (Å²) >= 11 is 5.75. The van der Waals surface area contributed by atoms with Gasteiger partial charge in [-0.25, -0.2) is 18.6 Å². The number of carbonyl (C=O) groups excluding carboxylic acids is 2. The largest absolute Gasteiger partial charge is 0.436 e. The number of nitrogens with zero attached hydrogens (tertiary/aromatic N) is 1. The summed E-state index contributed by atoms with van der Waals surface area (Å²) in [6.45, 7) is 0. The zero-order chi connectivity index (χ0) is 23.5. The van der Waals surface area contributed by atoms with Gasteiger partial charge in [0.15, 0.2) is 11.6 Å². The minimum Gasteiger partial charge on any atom is -0.436 e. The van der Waals surface area contributed by atoms with Crippen LogP contribution in [0.3, 0.4) is 0 Å². The Balaban J connectivity index is 1.65. The number of alkyl halides is 3. The third kappa shape index (κ3) is 5.49. The van der Waals surface area contributed by atoms with Gasteiger partial charge in [0.25, 0.3) is 5.91 Å². The fraction of sp³-hybridized carbons (Fsp3) is 0.0500. The maximum Gasteiger partial charge on any atom is 0.416 e. The molecule has 0 fully saturated rings. The molecule has 0 unspecified atom stereocenters. The van der Waals surface area contributed by atoms with Crippen LogP contribution in [-0.4, -0.2) is 16.9 Å². The maximum absolute atomic E-state index is 13.8. The van der Waals surface area contributed by atoms with Crippen molar-refractivity contribution in [2.75, 3.05) is 5.32 Å². The molecule has 0 saturated carbocycles. The molecule has 32 heavy (non-hydrogen) atoms. The lowest BCUT2D eigenvalue weighted by atomic mass is 10.2. The molecule has 0 aliphatic rings. The fourth-order valence-corrected chi connectivity index (χ4v) is 2.68. The van der Waals surface area contributed by atoms with Gasteiger partial charge in [-0.2, -0.15) is 13.2 Å². The van der Waals surface area contributed by atoms with Gasteiger partial charge < -0.3 is 10.1 Å². The predicted octanol–water partition coefficient (Wildman–Crippen LogP) is 5.79. The number of halogens is 6. The number of imide groups is 1. The SMILES string of the molecule is O=C(NC(=O)c1c(F)cccc1Cl)Nc1ccc(Oc2cc(C(F)(F)F)ccc2F)nc1. The first kappa shape index (κ1) is 22.9. The van der Waals surface area contributed by atoms with Crippen molar-refractivity contribution in [1.82, 2.24) is 10.3 Å². The van der Waals surface area contributed by atoms with Crippen LogP contribution in [0.4, 0.5) is 32.4 Å². The van der Waals surface area contributed by atoms with E-state index in [1.807, 2.05) is 5.32 Å². The molecule has 166 valence electrons. The van der Waals surface area contributed by atoms with Gasteiger partial charge in [-0.1, -0.05) is 17.7 Å². The normalized spacial score (nSPS) is 11.1. The monoisotopic (exact) mass is 471 g/mol. The Morgan fingerprint density at radius 2 is 1.75 bits per heavy atom. The van der Waals surface area contributed by atoms with Gasteiger partial charge >= 0.3 is 12.2 Å². The molecule has 3 aromatic rings. The minimum atomic E-state index is -4.69. The lowest BCUT2D eigenvalue weighted by Crippen LogP contribution is -2.35. The first-order valence-electron chi connectivity index (χ1n) is 8.61. The summed E-state index contributed by atoms with van der Waals surface area (Å²) in [5.41, 5.74) is -1.58. The summed E-state index contributed by atoms with van der Waals surface area (Å²) < 4.78 is 70.8. The number of nitrogens with one attached hydrogen (secondary N) is 2. The van der Waals surface area contributed by atoms with E-state index in [9.17, 15) is 31.5 Å². The number of aromatic nitrogens is 1. The van der Waals surface area contributed by atoms with Crippen molar-refractivity contribution in [3.8, 4) is 11.6 Å². The number of benzene rings is 2. The van der Waals surface area contributed by atoms with E-state index >= 15 is 0 Å². The highest BCUT2D eigenvalue weighted by atomic mass is 35.5. The summed E-state index contributed by atoms with van der Waals surface area (Å²) in [6.07, 6.45) is -3.65. The van der Waals surface area contributed by atoms with E-state index in [0.29, 0.717) is 18.2 Å². The quantitative estimate of drug-likeness (QED) is 0.472. The van der Waals surface area contributed by atoms with E-state index in [1.54, 1.807) is 0 Å². The minimum absolute atomic E-state index is 0.0480. The van der Waals surface area contributed by atoms with Crippen molar-refractivity contribution in [2.45, 2.75) is 6.18 Å². The van der Waals surface area contributed by atoms with Gasteiger partial charge in [-0.15, -0.1) is 0 Å². The predicted molar refractivity (Wildman–Crippen MR) is 104 cm³/mol. The Morgan fingerprint density at radius 1 is 1.00 bits per heavy atom. The number of pyridine rings is 1. The highest BCUT2D eigenvalue weighted by Gasteiger charge is 2.31. The molecule has 6 nitrogen and oxygen atoms in total. The van der Waals surface area contributed by atoms with Crippen molar-refractivity contribution in [3.05, 3.63) is 82.5 Å². The molecule has 0 aliphatic heterocycles. The van der Waals surface area contributed by atoms with Gasteiger partial charge in [0.2, 0.25) is 5.88 Å². The third-order valence-electron chi connectivity index (χ3n) is 3.88. The second kappa shape index (κ2) is 9.18. The van der Waals surface area contributed by atoms with Crippen LogP contribution in [0.25, 0.3) is 0 Å². The van der Waals surface area contributed by atoms with E-state index in [4.69, 9.17) is 16.3 Å². The van der Waals surface area contributed by atoms with Gasteiger partial charge in [0, 0.05) is 6.07 Å². The Kier molecular flexibility index (Phi) is 6.58. The van der Waals surface area contributed by atoms with Crippen molar-refractivity contribution < 1.29 is 36.3 Å². The number of amides is 3. The van der Waals surface area contributed by atoms with Crippen molar-refractivity contribution >= 4 is 29.2 Å². The summed E-state index contributed by atoms with van der Waals surface area (Å²) in [5, 5.41) is 3.92. The lowest BCUT2D eigenvalue weighted by molar-refractivity contribution is -0.137. The molecule has 0 radical (unpaired) electrons. The van der Waals surface area contributed by atoms with Crippen molar-refractivity contribution in [2.24, 2.45) is 0 Å². The van der Waals surface area contributed by atoms with Crippen LogP contribution in [0.5, 0.6) is 11.6 Å². The maximum atomic E-state index is 13.8. The summed E-state index contributed by atoms with van der Waals surface area (Å²) in [7, 11) is 0. The van der Waals surface area contributed by atoms with E-state index < -0.39 is 46.6 Å². The van der Waals surface area contributed by atoms with Gasteiger partial charge in [-0.3, -0.25) is 10.1 Å². The topological polar surface area (TPSA) is 80.3 Å². The molecule has 0 spiro atoms. The Bertz CT molecular complexity index is 1150. The van der Waals surface area contributed by atoms with Crippen LogP contribution >= 0.6 is 11.6 Å². The second-order valence-electron chi connectivity index (χ2n) is 6.14. The first-order valence-corrected chi connectivity index (χ1v) is 8.99. The molecule has 1 aromatic heterocycles. The standard InChI is InChI=1S/C20H11ClF5N3O3/c21-12-2-1-3-14(23)17(12)18(30)29-19(31)28-11-5-7-16(27-9-11)32-15-8-10(20(24,25)26)4-6-13(15)22/h1-9H,(H2,28,29,30,31). The van der Waals surface area contributed by atoms with Gasteiger partial charge in [-0.05, 0) is 36.4 Å². The smallest absolute Gasteiger partial charge is 0.416 e. The molecule has 0 saturated heterocycles. The van der Waals surface area contributed by atoms with Crippen LogP contribution < -0.4 is 15.4 Å². The number of hydrogen-bond donors (Lipinski definition) is 2. The molecular weight excluding hydrogens is 461 g/mol. The molecule has 0 bridgehead atoms. The van der Waals surface area contributed by atoms with Gasteiger partial charge in [0.1, 0.15) is 5.82 Å². The number of anilines is 1. The molecule has 2 N–H and O–H groups in total. The second-order valence-corrected chi connectivity index (χ2v) is 6.54. The summed E-state index contributed by atoms with van der Waals surface area (Å²) in [5.74, 6) is -4.00. The molecule has 0 atom stereocenters. The van der Waals surface area contributed by atoms with E-state index in [0.717, 1.165) is 18.3 Å². The van der Waals surface area contributed by atoms with Crippen molar-refractivity contribution in [3.63, 3.8) is 0 Å². The molecule has 2 aromatic carbocycles. The van der Waals surface area contributed by atoms with E-state index in [2.05, 4.69) is 10.3 Å². The average molecular weight is 472 g/mol. The molecule has 3 amide bonds. The molecule has 0 aliphatic carbocycles. The van der Waals surface area contributed by atoms with Crippen LogP contribution in [0.1, 0.15) is 15.9 Å². The number of hydrogen-bond acceptors (Lipinski definition) is 4. The lowest BCUT2D eigenvalue weighted by Gasteiger charge is -2.11. The van der Waals surface area contributed by atoms with E-state index in [1.165, 1.54) is 18.2 Å².